The van der Waals surface area contributed by atoms with Gasteiger partial charge in [-0.2, -0.15) is 0 Å². The molecule has 3 heterocycles. The molecule has 0 spiro atoms. The molecule has 0 saturated carbocycles. The summed E-state index contributed by atoms with van der Waals surface area (Å²) >= 11 is 0. The number of anilines is 1. The van der Waals surface area contributed by atoms with E-state index in [0.717, 1.165) is 73.6 Å². The van der Waals surface area contributed by atoms with Gasteiger partial charge in [-0.15, -0.1) is 0 Å². The number of carbonyl (C=O) groups excluding carboxylic acids is 2. The summed E-state index contributed by atoms with van der Waals surface area (Å²) in [6.45, 7) is 10.8. The zero-order valence-corrected chi connectivity index (χ0v) is 20.0. The lowest BCUT2D eigenvalue weighted by atomic mass is 9.91. The number of hydrogen-bond donors (Lipinski definition) is 3. The van der Waals surface area contributed by atoms with E-state index in [2.05, 4.69) is 36.3 Å². The van der Waals surface area contributed by atoms with Crippen molar-refractivity contribution in [2.45, 2.75) is 46.1 Å². The van der Waals surface area contributed by atoms with Crippen LogP contribution in [0.4, 0.5) is 5.69 Å². The number of fused-ring (bicyclic) bond motifs is 1. The number of carbonyl (C=O) groups is 2. The maximum absolute atomic E-state index is 13.5. The van der Waals surface area contributed by atoms with Crippen molar-refractivity contribution in [3.05, 3.63) is 46.7 Å². The Morgan fingerprint density at radius 1 is 1.24 bits per heavy atom. The van der Waals surface area contributed by atoms with E-state index in [1.807, 2.05) is 29.2 Å². The minimum Gasteiger partial charge on any atom is -0.396 e. The Labute approximate surface area is 196 Å². The smallest absolute Gasteiger partial charge is 0.256 e. The largest absolute Gasteiger partial charge is 0.396 e. The maximum atomic E-state index is 13.5. The molecule has 0 fully saturated rings. The van der Waals surface area contributed by atoms with Crippen molar-refractivity contribution in [1.29, 1.82) is 0 Å². The van der Waals surface area contributed by atoms with E-state index in [0.29, 0.717) is 12.0 Å². The molecule has 0 bridgehead atoms. The summed E-state index contributed by atoms with van der Waals surface area (Å²) in [5.74, 6) is -0.0117. The van der Waals surface area contributed by atoms with Crippen LogP contribution < -0.4 is 10.6 Å². The van der Waals surface area contributed by atoms with Crippen molar-refractivity contribution in [1.82, 2.24) is 15.1 Å². The van der Waals surface area contributed by atoms with Crippen LogP contribution in [-0.4, -0.2) is 72.1 Å². The molecule has 1 aromatic carbocycles. The number of rotatable bonds is 8. The minimum absolute atomic E-state index is 0.0177. The van der Waals surface area contributed by atoms with Crippen LogP contribution in [-0.2, 0) is 16.0 Å². The SMILES string of the molecule is CCN(CC)CCN1CCCC2=C(C1=O)C(C)C(/C=C1\C(=O)Nc3cccc(CCO)c31)N2. The summed E-state index contributed by atoms with van der Waals surface area (Å²) in [5.41, 5.74) is 5.15. The van der Waals surface area contributed by atoms with Gasteiger partial charge < -0.3 is 25.5 Å². The quantitative estimate of drug-likeness (QED) is 0.528. The fraction of sp³-hybridized carbons (Fsp3) is 0.538. The molecule has 2 unspecified atom stereocenters. The predicted molar refractivity (Wildman–Crippen MR) is 131 cm³/mol. The van der Waals surface area contributed by atoms with Gasteiger partial charge in [-0.1, -0.05) is 32.9 Å². The number of aliphatic hydroxyl groups excluding tert-OH is 1. The molecule has 0 aromatic heterocycles. The first-order chi connectivity index (χ1) is 16.0. The van der Waals surface area contributed by atoms with Gasteiger partial charge in [0.25, 0.3) is 11.8 Å². The molecule has 2 atom stereocenters. The molecular formula is C26H36N4O3. The van der Waals surface area contributed by atoms with E-state index in [1.165, 1.54) is 0 Å². The fourth-order valence-corrected chi connectivity index (χ4v) is 5.30. The second-order valence-electron chi connectivity index (χ2n) is 9.12. The topological polar surface area (TPSA) is 84.9 Å². The molecule has 7 heteroatoms. The Morgan fingerprint density at radius 3 is 2.76 bits per heavy atom. The van der Waals surface area contributed by atoms with E-state index in [9.17, 15) is 14.7 Å². The Kier molecular flexibility index (Phi) is 7.20. The van der Waals surface area contributed by atoms with Gasteiger partial charge in [0.05, 0.1) is 6.04 Å². The lowest BCUT2D eigenvalue weighted by molar-refractivity contribution is -0.127. The Morgan fingerprint density at radius 2 is 2.03 bits per heavy atom. The number of benzene rings is 1. The molecule has 0 radical (unpaired) electrons. The van der Waals surface area contributed by atoms with Crippen LogP contribution in [0.15, 0.2) is 35.5 Å². The van der Waals surface area contributed by atoms with E-state index >= 15 is 0 Å². The first-order valence-electron chi connectivity index (χ1n) is 12.3. The van der Waals surface area contributed by atoms with Gasteiger partial charge in [-0.25, -0.2) is 0 Å². The maximum Gasteiger partial charge on any atom is 0.256 e. The number of likely N-dealkylation sites (N-methyl/N-ethyl adjacent to an activating group) is 1. The monoisotopic (exact) mass is 452 g/mol. The number of nitrogens with zero attached hydrogens (tertiary/aromatic N) is 2. The van der Waals surface area contributed by atoms with E-state index in [4.69, 9.17) is 0 Å². The van der Waals surface area contributed by atoms with Crippen LogP contribution >= 0.6 is 0 Å². The van der Waals surface area contributed by atoms with Crippen molar-refractivity contribution >= 4 is 23.1 Å². The molecule has 0 saturated heterocycles. The molecule has 178 valence electrons. The molecule has 3 aliphatic rings. The van der Waals surface area contributed by atoms with Crippen molar-refractivity contribution in [2.24, 2.45) is 5.92 Å². The summed E-state index contributed by atoms with van der Waals surface area (Å²) in [5, 5.41) is 16.0. The van der Waals surface area contributed by atoms with Gasteiger partial charge in [0, 0.05) is 60.3 Å². The predicted octanol–water partition coefficient (Wildman–Crippen LogP) is 2.38. The molecule has 3 N–H and O–H groups in total. The van der Waals surface area contributed by atoms with E-state index < -0.39 is 0 Å². The van der Waals surface area contributed by atoms with Crippen LogP contribution in [0.1, 0.15) is 44.7 Å². The van der Waals surface area contributed by atoms with Gasteiger partial charge in [0.15, 0.2) is 0 Å². The van der Waals surface area contributed by atoms with Crippen LogP contribution in [0.25, 0.3) is 5.57 Å². The highest BCUT2D eigenvalue weighted by Crippen LogP contribution is 2.38. The second kappa shape index (κ2) is 10.1. The molecule has 7 nitrogen and oxygen atoms in total. The first kappa shape index (κ1) is 23.5. The highest BCUT2D eigenvalue weighted by molar-refractivity contribution is 6.32. The number of hydrogen-bond acceptors (Lipinski definition) is 5. The first-order valence-corrected chi connectivity index (χ1v) is 12.3. The van der Waals surface area contributed by atoms with Crippen molar-refractivity contribution in [3.63, 3.8) is 0 Å². The van der Waals surface area contributed by atoms with Crippen LogP contribution in [0.5, 0.6) is 0 Å². The highest BCUT2D eigenvalue weighted by Gasteiger charge is 2.39. The van der Waals surface area contributed by atoms with Crippen molar-refractivity contribution in [2.75, 3.05) is 44.6 Å². The van der Waals surface area contributed by atoms with Crippen LogP contribution in [0, 0.1) is 5.92 Å². The second-order valence-corrected chi connectivity index (χ2v) is 9.12. The molecule has 33 heavy (non-hydrogen) atoms. The van der Waals surface area contributed by atoms with Crippen molar-refractivity contribution in [3.8, 4) is 0 Å². The third kappa shape index (κ3) is 4.57. The molecule has 0 aliphatic carbocycles. The average Bonchev–Trinajstić information content (AvgIpc) is 3.23. The molecule has 1 aromatic rings. The minimum atomic E-state index is -0.126. The summed E-state index contributed by atoms with van der Waals surface area (Å²) in [7, 11) is 0. The van der Waals surface area contributed by atoms with Gasteiger partial charge in [0.1, 0.15) is 0 Å². The lowest BCUT2D eigenvalue weighted by Crippen LogP contribution is -2.40. The van der Waals surface area contributed by atoms with Crippen LogP contribution in [0.2, 0.25) is 0 Å². The third-order valence-corrected chi connectivity index (χ3v) is 7.25. The summed E-state index contributed by atoms with van der Waals surface area (Å²) in [6.07, 6.45) is 4.27. The number of aliphatic hydroxyl groups is 1. The number of allylic oxidation sites excluding steroid dienone is 1. The van der Waals surface area contributed by atoms with Gasteiger partial charge >= 0.3 is 0 Å². The highest BCUT2D eigenvalue weighted by atomic mass is 16.3. The Hall–Kier alpha value is -2.64. The van der Waals surface area contributed by atoms with Gasteiger partial charge in [0.2, 0.25) is 0 Å². The summed E-state index contributed by atoms with van der Waals surface area (Å²) in [6, 6.07) is 5.64. The van der Waals surface area contributed by atoms with Gasteiger partial charge in [-0.05, 0) is 50.1 Å². The third-order valence-electron chi connectivity index (χ3n) is 7.25. The van der Waals surface area contributed by atoms with E-state index in [-0.39, 0.29) is 30.4 Å². The molecule has 3 aliphatic heterocycles. The van der Waals surface area contributed by atoms with Gasteiger partial charge in [-0.3, -0.25) is 9.59 Å². The van der Waals surface area contributed by atoms with E-state index in [1.54, 1.807) is 0 Å². The molecular weight excluding hydrogens is 416 g/mol. The zero-order valence-electron chi connectivity index (χ0n) is 20.0. The fourth-order valence-electron chi connectivity index (χ4n) is 5.30. The normalized spacial score (nSPS) is 23.7. The number of nitrogens with one attached hydrogen (secondary N) is 2. The zero-order chi connectivity index (χ0) is 23.5. The Bertz CT molecular complexity index is 980. The summed E-state index contributed by atoms with van der Waals surface area (Å²) < 4.78 is 0. The Balaban J connectivity index is 1.56. The lowest BCUT2D eigenvalue weighted by Gasteiger charge is -2.27. The molecule has 2 amide bonds. The summed E-state index contributed by atoms with van der Waals surface area (Å²) in [4.78, 5) is 30.7. The molecule has 4 rings (SSSR count). The average molecular weight is 453 g/mol. The number of amides is 2. The van der Waals surface area contributed by atoms with Crippen LogP contribution in [0.3, 0.4) is 0 Å². The standard InChI is InChI=1S/C26H36N4O3/c1-4-29(5-2)13-14-30-12-7-10-20-23(26(30)33)17(3)22(27-20)16-19-24-18(11-15-31)8-6-9-21(24)28-25(19)32/h6,8-9,16-17,22,27,31H,4-5,7,10-15H2,1-3H3,(H,28,32)/b19-16-. The van der Waals surface area contributed by atoms with Crippen molar-refractivity contribution < 1.29 is 14.7 Å².